The monoisotopic (exact) mass is 259 g/mol. The predicted molar refractivity (Wildman–Crippen MR) is 65.9 cm³/mol. The average molecular weight is 259 g/mol. The highest BCUT2D eigenvalue weighted by Crippen LogP contribution is 2.08. The van der Waals surface area contributed by atoms with E-state index in [0.29, 0.717) is 0 Å². The van der Waals surface area contributed by atoms with Crippen molar-refractivity contribution >= 4 is 11.9 Å². The van der Waals surface area contributed by atoms with Crippen molar-refractivity contribution in [3.8, 4) is 0 Å². The fraction of sp³-hybridized carbons (Fsp3) is 0.667. The number of nitrogens with one attached hydrogen (secondary N) is 1. The van der Waals surface area contributed by atoms with E-state index in [4.69, 9.17) is 14.6 Å². The van der Waals surface area contributed by atoms with Gasteiger partial charge in [0.25, 0.3) is 0 Å². The topological polar surface area (TPSA) is 84.9 Å². The van der Waals surface area contributed by atoms with Crippen LogP contribution in [0.4, 0.5) is 0 Å². The Hall–Kier alpha value is -1.40. The van der Waals surface area contributed by atoms with Crippen molar-refractivity contribution < 1.29 is 24.2 Å². The van der Waals surface area contributed by atoms with Crippen molar-refractivity contribution in [1.82, 2.24) is 5.32 Å². The summed E-state index contributed by atoms with van der Waals surface area (Å²) in [6.45, 7) is 8.03. The molecule has 0 aromatic rings. The van der Waals surface area contributed by atoms with Crippen LogP contribution < -0.4 is 5.32 Å². The van der Waals surface area contributed by atoms with Crippen molar-refractivity contribution in [3.63, 3.8) is 0 Å². The van der Waals surface area contributed by atoms with Crippen LogP contribution in [-0.4, -0.2) is 48.4 Å². The summed E-state index contributed by atoms with van der Waals surface area (Å²) in [6, 6.07) is -0.944. The van der Waals surface area contributed by atoms with Gasteiger partial charge in [0.15, 0.2) is 0 Å². The fourth-order valence-corrected chi connectivity index (χ4v) is 1.00. The number of aliphatic hydroxyl groups excluding tert-OH is 1. The van der Waals surface area contributed by atoms with E-state index in [9.17, 15) is 9.59 Å². The van der Waals surface area contributed by atoms with E-state index in [0.717, 1.165) is 0 Å². The number of carbonyl (C=O) groups excluding carboxylic acids is 2. The van der Waals surface area contributed by atoms with Gasteiger partial charge in [-0.3, -0.25) is 14.9 Å². The maximum absolute atomic E-state index is 11.6. The highest BCUT2D eigenvalue weighted by atomic mass is 16.6. The molecule has 0 aliphatic heterocycles. The van der Waals surface area contributed by atoms with Crippen LogP contribution in [0.25, 0.3) is 0 Å². The quantitative estimate of drug-likeness (QED) is 0.495. The van der Waals surface area contributed by atoms with Gasteiger partial charge >= 0.3 is 11.9 Å². The van der Waals surface area contributed by atoms with Crippen molar-refractivity contribution in [2.24, 2.45) is 0 Å². The fourth-order valence-electron chi connectivity index (χ4n) is 1.00. The van der Waals surface area contributed by atoms with E-state index in [1.807, 2.05) is 0 Å². The van der Waals surface area contributed by atoms with Gasteiger partial charge in [0.1, 0.15) is 18.2 Å². The van der Waals surface area contributed by atoms with Gasteiger partial charge in [-0.2, -0.15) is 0 Å². The molecule has 0 aromatic heterocycles. The van der Waals surface area contributed by atoms with E-state index in [1.165, 1.54) is 6.08 Å². The van der Waals surface area contributed by atoms with Gasteiger partial charge in [0, 0.05) is 0 Å². The molecule has 0 aliphatic carbocycles. The first kappa shape index (κ1) is 16.6. The lowest BCUT2D eigenvalue weighted by atomic mass is 10.2. The number of aliphatic hydroxyl groups is 1. The highest BCUT2D eigenvalue weighted by Gasteiger charge is 2.24. The second-order valence-corrected chi connectivity index (χ2v) is 4.62. The number of ether oxygens (including phenoxy) is 2. The Kier molecular flexibility index (Phi) is 7.23. The van der Waals surface area contributed by atoms with Gasteiger partial charge in [-0.05, 0) is 20.8 Å². The van der Waals surface area contributed by atoms with Crippen LogP contribution in [0.2, 0.25) is 0 Å². The molecule has 0 saturated carbocycles. The molecule has 104 valence electrons. The second-order valence-electron chi connectivity index (χ2n) is 4.62. The summed E-state index contributed by atoms with van der Waals surface area (Å²) >= 11 is 0. The van der Waals surface area contributed by atoms with Gasteiger partial charge in [0.05, 0.1) is 13.2 Å². The number of esters is 2. The first-order chi connectivity index (χ1) is 8.30. The highest BCUT2D eigenvalue weighted by molar-refractivity contribution is 5.78. The zero-order valence-electron chi connectivity index (χ0n) is 11.1. The molecule has 0 aromatic carbocycles. The van der Waals surface area contributed by atoms with Crippen LogP contribution in [0.15, 0.2) is 12.7 Å². The average Bonchev–Trinajstić information content (AvgIpc) is 2.24. The lowest BCUT2D eigenvalue weighted by molar-refractivity contribution is -0.158. The van der Waals surface area contributed by atoms with Crippen molar-refractivity contribution in [3.05, 3.63) is 12.7 Å². The lowest BCUT2D eigenvalue weighted by Gasteiger charge is -2.23. The molecule has 0 radical (unpaired) electrons. The van der Waals surface area contributed by atoms with Gasteiger partial charge in [-0.25, -0.2) is 0 Å². The van der Waals surface area contributed by atoms with Crippen LogP contribution in [-0.2, 0) is 19.1 Å². The van der Waals surface area contributed by atoms with Gasteiger partial charge in [0.2, 0.25) is 0 Å². The van der Waals surface area contributed by atoms with E-state index < -0.39 is 30.2 Å². The van der Waals surface area contributed by atoms with E-state index >= 15 is 0 Å². The van der Waals surface area contributed by atoms with Crippen molar-refractivity contribution in [2.45, 2.75) is 32.4 Å². The normalized spacial score (nSPS) is 12.7. The first-order valence-corrected chi connectivity index (χ1v) is 5.63. The molecule has 0 amide bonds. The summed E-state index contributed by atoms with van der Waals surface area (Å²) in [5.41, 5.74) is -0.643. The minimum atomic E-state index is -0.944. The molecule has 6 nitrogen and oxygen atoms in total. The van der Waals surface area contributed by atoms with Crippen molar-refractivity contribution in [2.75, 3.05) is 19.8 Å². The minimum absolute atomic E-state index is 0.108. The number of carbonyl (C=O) groups is 2. The predicted octanol–water partition coefficient (Wildman–Crippen LogP) is 0.00780. The third-order valence-electron chi connectivity index (χ3n) is 1.73. The van der Waals surface area contributed by atoms with Crippen LogP contribution >= 0.6 is 0 Å². The van der Waals surface area contributed by atoms with Crippen LogP contribution in [0.5, 0.6) is 0 Å². The van der Waals surface area contributed by atoms with E-state index in [-0.39, 0.29) is 13.2 Å². The molecule has 1 atom stereocenters. The first-order valence-electron chi connectivity index (χ1n) is 5.63. The van der Waals surface area contributed by atoms with Crippen LogP contribution in [0.1, 0.15) is 20.8 Å². The maximum Gasteiger partial charge on any atom is 0.326 e. The largest absolute Gasteiger partial charge is 0.461 e. The number of hydrogen-bond acceptors (Lipinski definition) is 6. The number of rotatable bonds is 7. The molecule has 0 saturated heterocycles. The summed E-state index contributed by atoms with van der Waals surface area (Å²) in [5.74, 6) is -1.14. The Morgan fingerprint density at radius 2 is 2.06 bits per heavy atom. The third-order valence-corrected chi connectivity index (χ3v) is 1.73. The SMILES string of the molecule is C=CCOC(=O)CN[C@@H](CO)C(=O)OC(C)(C)C. The summed E-state index contributed by atoms with van der Waals surface area (Å²) in [4.78, 5) is 22.8. The zero-order chi connectivity index (χ0) is 14.2. The maximum atomic E-state index is 11.6. The molecule has 0 fully saturated rings. The lowest BCUT2D eigenvalue weighted by Crippen LogP contribution is -2.45. The summed E-state index contributed by atoms with van der Waals surface area (Å²) in [7, 11) is 0. The standard InChI is InChI=1S/C12H21NO5/c1-5-6-17-10(15)7-13-9(8-14)11(16)18-12(2,3)4/h5,9,13-14H,1,6-8H2,2-4H3/t9-/m0/s1. The summed E-state index contributed by atoms with van der Waals surface area (Å²) in [5, 5.41) is 11.6. The summed E-state index contributed by atoms with van der Waals surface area (Å²) < 4.78 is 9.79. The molecule has 0 spiro atoms. The molecule has 2 N–H and O–H groups in total. The van der Waals surface area contributed by atoms with Crippen LogP contribution in [0.3, 0.4) is 0 Å². The molecular formula is C12H21NO5. The third kappa shape index (κ3) is 7.81. The summed E-state index contributed by atoms with van der Waals surface area (Å²) in [6.07, 6.45) is 1.44. The molecule has 0 aliphatic rings. The Bertz CT molecular complexity index is 295. The molecule has 0 heterocycles. The minimum Gasteiger partial charge on any atom is -0.461 e. The Morgan fingerprint density at radius 3 is 2.50 bits per heavy atom. The molecule has 0 unspecified atom stereocenters. The zero-order valence-corrected chi connectivity index (χ0v) is 11.1. The van der Waals surface area contributed by atoms with Gasteiger partial charge < -0.3 is 14.6 Å². The Morgan fingerprint density at radius 1 is 1.44 bits per heavy atom. The molecule has 18 heavy (non-hydrogen) atoms. The van der Waals surface area contributed by atoms with Gasteiger partial charge in [-0.1, -0.05) is 12.7 Å². The van der Waals surface area contributed by atoms with E-state index in [1.54, 1.807) is 20.8 Å². The molecule has 6 heteroatoms. The van der Waals surface area contributed by atoms with Crippen molar-refractivity contribution in [1.29, 1.82) is 0 Å². The number of hydrogen-bond donors (Lipinski definition) is 2. The molecular weight excluding hydrogens is 238 g/mol. The van der Waals surface area contributed by atoms with Crippen LogP contribution in [0, 0.1) is 0 Å². The van der Waals surface area contributed by atoms with E-state index in [2.05, 4.69) is 11.9 Å². The molecule has 0 bridgehead atoms. The molecule has 0 rings (SSSR count). The Balaban J connectivity index is 4.14. The smallest absolute Gasteiger partial charge is 0.326 e. The van der Waals surface area contributed by atoms with Gasteiger partial charge in [-0.15, -0.1) is 0 Å². The Labute approximate surface area is 107 Å². The second kappa shape index (κ2) is 7.84.